The van der Waals surface area contributed by atoms with Crippen LogP contribution in [0.2, 0.25) is 0 Å². The molecule has 0 atom stereocenters. The van der Waals surface area contributed by atoms with E-state index in [2.05, 4.69) is 128 Å². The van der Waals surface area contributed by atoms with Gasteiger partial charge in [-0.25, -0.2) is 0 Å². The smallest absolute Gasteiger partial charge is 0.0541 e. The van der Waals surface area contributed by atoms with Crippen LogP contribution in [-0.4, -0.2) is 4.57 Å². The van der Waals surface area contributed by atoms with E-state index < -0.39 is 0 Å². The molecule has 0 spiro atoms. The predicted molar refractivity (Wildman–Crippen MR) is 197 cm³/mol. The molecule has 2 heterocycles. The molecule has 1 aliphatic carbocycles. The number of aryl methyl sites for hydroxylation is 2. The minimum Gasteiger partial charge on any atom is -0.354 e. The molecule has 0 saturated heterocycles. The molecule has 4 aromatic rings. The molecule has 222 valence electrons. The number of benzene rings is 3. The molecule has 0 unspecified atom stereocenters. The number of aromatic nitrogens is 1. The summed E-state index contributed by atoms with van der Waals surface area (Å²) in [6, 6.07) is 25.6. The van der Waals surface area contributed by atoms with Gasteiger partial charge in [0.15, 0.2) is 0 Å². The second-order valence-electron chi connectivity index (χ2n) is 10.4. The third-order valence-electron chi connectivity index (χ3n) is 7.08. The Morgan fingerprint density at radius 2 is 1.59 bits per heavy atom. The molecule has 0 bridgehead atoms. The van der Waals surface area contributed by atoms with Gasteiger partial charge < -0.3 is 9.88 Å². The molecule has 1 N–H and O–H groups in total. The number of nitrogens with one attached hydrogen (secondary N) is 1. The second kappa shape index (κ2) is 16.2. The topological polar surface area (TPSA) is 17.0 Å². The fourth-order valence-corrected chi connectivity index (χ4v) is 5.91. The molecule has 6 rings (SSSR count). The minimum absolute atomic E-state index is 0.996. The lowest BCUT2D eigenvalue weighted by Crippen LogP contribution is -2.17. The summed E-state index contributed by atoms with van der Waals surface area (Å²) in [7, 11) is 0. The van der Waals surface area contributed by atoms with Crippen molar-refractivity contribution in [3.05, 3.63) is 185 Å². The first-order valence-electron chi connectivity index (χ1n) is 15.0. The van der Waals surface area contributed by atoms with Crippen LogP contribution in [0.25, 0.3) is 27.5 Å². The van der Waals surface area contributed by atoms with Crippen LogP contribution < -0.4 is 5.32 Å². The predicted octanol–water partition coefficient (Wildman–Crippen LogP) is 11.7. The van der Waals surface area contributed by atoms with Crippen molar-refractivity contribution in [2.45, 2.75) is 34.1 Å². The van der Waals surface area contributed by atoms with Gasteiger partial charge in [-0.1, -0.05) is 133 Å². The van der Waals surface area contributed by atoms with Crippen LogP contribution in [0.1, 0.15) is 31.4 Å². The van der Waals surface area contributed by atoms with Crippen molar-refractivity contribution in [2.24, 2.45) is 0 Å². The molecule has 1 aromatic heterocycles. The maximum Gasteiger partial charge on any atom is 0.0541 e. The molecule has 3 aromatic carbocycles. The summed E-state index contributed by atoms with van der Waals surface area (Å²) in [4.78, 5) is 2.34. The van der Waals surface area contributed by atoms with Crippen LogP contribution in [0.4, 0.5) is 0 Å². The molecule has 2 nitrogen and oxygen atoms in total. The third kappa shape index (κ3) is 8.00. The van der Waals surface area contributed by atoms with Crippen molar-refractivity contribution in [2.75, 3.05) is 0 Å². The number of para-hydroxylation sites is 1. The number of nitrogens with zero attached hydrogens (tertiary/aromatic N) is 1. The fourth-order valence-electron chi connectivity index (χ4n) is 5.01. The third-order valence-corrected chi connectivity index (χ3v) is 8.36. The molecule has 0 fully saturated rings. The van der Waals surface area contributed by atoms with Gasteiger partial charge in [-0.05, 0) is 76.6 Å². The number of allylic oxidation sites excluding steroid dienone is 12. The van der Waals surface area contributed by atoms with Gasteiger partial charge in [0.2, 0.25) is 0 Å². The summed E-state index contributed by atoms with van der Waals surface area (Å²) in [5.74, 6) is 0. The van der Waals surface area contributed by atoms with Gasteiger partial charge in [0.1, 0.15) is 0 Å². The molecular weight excluding hydrogens is 553 g/mol. The SMILES string of the molecule is C=C/C=C1/NC(/C=C\C)=C(C=C)S/C1=C/C.Cc1ccc2c(c1)c1ccccc1n2C1=CC=CCC=C1.Cc1ccccc1. The van der Waals surface area contributed by atoms with E-state index in [9.17, 15) is 0 Å². The molecule has 1 aliphatic heterocycles. The molecule has 0 saturated carbocycles. The van der Waals surface area contributed by atoms with Gasteiger partial charge in [0, 0.05) is 26.3 Å². The van der Waals surface area contributed by atoms with Crippen molar-refractivity contribution in [1.82, 2.24) is 9.88 Å². The number of hydrogen-bond donors (Lipinski definition) is 1. The van der Waals surface area contributed by atoms with Crippen LogP contribution >= 0.6 is 11.8 Å². The summed E-state index contributed by atoms with van der Waals surface area (Å²) in [5, 5.41) is 6.02. The number of thioether (sulfide) groups is 1. The van der Waals surface area contributed by atoms with E-state index in [1.807, 2.05) is 56.4 Å². The Kier molecular flexibility index (Phi) is 11.9. The van der Waals surface area contributed by atoms with Crippen LogP contribution in [0.5, 0.6) is 0 Å². The normalized spacial score (nSPS) is 16.2. The van der Waals surface area contributed by atoms with Gasteiger partial charge in [-0.2, -0.15) is 0 Å². The van der Waals surface area contributed by atoms with Crippen molar-refractivity contribution in [3.63, 3.8) is 0 Å². The van der Waals surface area contributed by atoms with Crippen molar-refractivity contribution < 1.29 is 0 Å². The quantitative estimate of drug-likeness (QED) is 0.253. The second-order valence-corrected chi connectivity index (χ2v) is 11.4. The fraction of sp³-hybridized carbons (Fsp3) is 0.122. The molecule has 0 radical (unpaired) electrons. The van der Waals surface area contributed by atoms with E-state index in [0.717, 1.165) is 22.7 Å². The molecule has 44 heavy (non-hydrogen) atoms. The van der Waals surface area contributed by atoms with Crippen LogP contribution in [0.3, 0.4) is 0 Å². The summed E-state index contributed by atoms with van der Waals surface area (Å²) < 4.78 is 2.36. The largest absolute Gasteiger partial charge is 0.354 e. The Balaban J connectivity index is 0.000000170. The summed E-state index contributed by atoms with van der Waals surface area (Å²) >= 11 is 1.72. The molecular formula is C41H42N2S. The highest BCUT2D eigenvalue weighted by Crippen LogP contribution is 2.37. The first-order valence-corrected chi connectivity index (χ1v) is 15.8. The van der Waals surface area contributed by atoms with Gasteiger partial charge >= 0.3 is 0 Å². The van der Waals surface area contributed by atoms with Crippen LogP contribution in [0.15, 0.2) is 174 Å². The standard InChI is InChI=1S/C20H17N.C14H17NS.C7H8/c1-15-12-13-20-18(14-15)17-10-6-7-11-19(17)21(20)16-8-4-2-3-5-9-16;1-5-9-11-13(7-3)16-14(8-4)12(15-11)10-6-2;1-7-5-3-2-4-6-7/h2,4-14H,3H2,1H3;5-10,15H,1,4H2,2-3H3;2-6H,1H3/b;10-6-,11-9+,13-7+;. The Morgan fingerprint density at radius 3 is 2.27 bits per heavy atom. The van der Waals surface area contributed by atoms with Crippen LogP contribution in [0, 0.1) is 13.8 Å². The van der Waals surface area contributed by atoms with Gasteiger partial charge in [-0.3, -0.25) is 0 Å². The van der Waals surface area contributed by atoms with Crippen LogP contribution in [-0.2, 0) is 0 Å². The Bertz CT molecular complexity index is 1840. The highest BCUT2D eigenvalue weighted by molar-refractivity contribution is 8.07. The molecule has 0 amide bonds. The Labute approximate surface area is 267 Å². The average molecular weight is 595 g/mol. The van der Waals surface area contributed by atoms with E-state index in [4.69, 9.17) is 0 Å². The zero-order chi connectivity index (χ0) is 31.3. The van der Waals surface area contributed by atoms with Crippen molar-refractivity contribution >= 4 is 39.3 Å². The minimum atomic E-state index is 0.996. The lowest BCUT2D eigenvalue weighted by atomic mass is 10.1. The zero-order valence-electron chi connectivity index (χ0n) is 26.3. The number of hydrogen-bond acceptors (Lipinski definition) is 2. The average Bonchev–Trinajstić information content (AvgIpc) is 3.16. The Morgan fingerprint density at radius 1 is 0.841 bits per heavy atom. The summed E-state index contributed by atoms with van der Waals surface area (Å²) in [5.41, 5.74) is 8.55. The van der Waals surface area contributed by atoms with Gasteiger partial charge in [0.05, 0.1) is 22.4 Å². The summed E-state index contributed by atoms with van der Waals surface area (Å²) in [6.07, 6.45) is 23.7. The number of rotatable bonds is 4. The first kappa shape index (κ1) is 32.2. The zero-order valence-corrected chi connectivity index (χ0v) is 27.1. The summed E-state index contributed by atoms with van der Waals surface area (Å²) in [6.45, 7) is 15.8. The van der Waals surface area contributed by atoms with Crippen molar-refractivity contribution in [3.8, 4) is 0 Å². The van der Waals surface area contributed by atoms with Gasteiger partial charge in [0.25, 0.3) is 0 Å². The Hall–Kier alpha value is -4.73. The van der Waals surface area contributed by atoms with E-state index >= 15 is 0 Å². The van der Waals surface area contributed by atoms with E-state index in [1.165, 1.54) is 43.5 Å². The maximum atomic E-state index is 3.84. The highest BCUT2D eigenvalue weighted by atomic mass is 32.2. The number of fused-ring (bicyclic) bond motifs is 3. The lowest BCUT2D eigenvalue weighted by Gasteiger charge is -2.22. The van der Waals surface area contributed by atoms with E-state index in [1.54, 1.807) is 17.8 Å². The lowest BCUT2D eigenvalue weighted by molar-refractivity contribution is 1.02. The maximum absolute atomic E-state index is 3.84. The monoisotopic (exact) mass is 594 g/mol. The van der Waals surface area contributed by atoms with Crippen molar-refractivity contribution in [1.29, 1.82) is 0 Å². The highest BCUT2D eigenvalue weighted by Gasteiger charge is 2.16. The first-order chi connectivity index (χ1) is 21.5. The van der Waals surface area contributed by atoms with Gasteiger partial charge in [-0.15, -0.1) is 0 Å². The van der Waals surface area contributed by atoms with E-state index in [-0.39, 0.29) is 0 Å². The molecule has 3 heteroatoms. The van der Waals surface area contributed by atoms with E-state index in [0.29, 0.717) is 0 Å². The molecule has 2 aliphatic rings.